The van der Waals surface area contributed by atoms with E-state index >= 15 is 0 Å². The Balaban J connectivity index is 1.60. The lowest BCUT2D eigenvalue weighted by molar-refractivity contribution is -0.113. The molecule has 1 aliphatic rings. The number of nitrogens with one attached hydrogen (secondary N) is 2. The predicted octanol–water partition coefficient (Wildman–Crippen LogP) is 4.11. The van der Waals surface area contributed by atoms with Crippen LogP contribution >= 0.6 is 11.8 Å². The molecule has 0 saturated heterocycles. The topological polar surface area (TPSA) is 76.1 Å². The van der Waals surface area contributed by atoms with Gasteiger partial charge in [-0.3, -0.25) is 19.4 Å². The van der Waals surface area contributed by atoms with Crippen molar-refractivity contribution in [1.82, 2.24) is 9.78 Å². The van der Waals surface area contributed by atoms with E-state index in [1.165, 1.54) is 11.8 Å². The van der Waals surface area contributed by atoms with E-state index < -0.39 is 0 Å². The molecule has 0 fully saturated rings. The molecule has 29 heavy (non-hydrogen) atoms. The van der Waals surface area contributed by atoms with Crippen LogP contribution in [0.3, 0.4) is 0 Å². The van der Waals surface area contributed by atoms with Gasteiger partial charge in [0.05, 0.1) is 16.6 Å². The van der Waals surface area contributed by atoms with E-state index in [-0.39, 0.29) is 22.8 Å². The molecule has 0 bridgehead atoms. The van der Waals surface area contributed by atoms with Crippen molar-refractivity contribution in [2.75, 3.05) is 11.1 Å². The summed E-state index contributed by atoms with van der Waals surface area (Å²) in [6.45, 7) is 4.43. The van der Waals surface area contributed by atoms with E-state index in [1.807, 2.05) is 68.4 Å². The third kappa shape index (κ3) is 4.10. The maximum Gasteiger partial charge on any atom is 0.270 e. The highest BCUT2D eigenvalue weighted by Gasteiger charge is 2.30. The number of anilines is 1. The second-order valence-electron chi connectivity index (χ2n) is 7.25. The first-order chi connectivity index (χ1) is 14.0. The van der Waals surface area contributed by atoms with E-state index in [2.05, 4.69) is 10.4 Å². The third-order valence-corrected chi connectivity index (χ3v) is 6.08. The number of hydrogen-bond donors (Lipinski definition) is 2. The van der Waals surface area contributed by atoms with Gasteiger partial charge in [0.2, 0.25) is 5.91 Å². The molecule has 1 amide bonds. The highest BCUT2D eigenvalue weighted by atomic mass is 32.2. The molecule has 2 heterocycles. The minimum absolute atomic E-state index is 0.0317. The number of ether oxygens (including phenoxy) is 1. The minimum atomic E-state index is -0.226. The molecule has 6 nitrogen and oxygen atoms in total. The smallest absolute Gasteiger partial charge is 0.270 e. The fourth-order valence-electron chi connectivity index (χ4n) is 3.37. The Morgan fingerprint density at radius 3 is 2.52 bits per heavy atom. The summed E-state index contributed by atoms with van der Waals surface area (Å²) in [5.74, 6) is 1.52. The van der Waals surface area contributed by atoms with Gasteiger partial charge in [-0.1, -0.05) is 42.5 Å². The number of amides is 1. The number of H-pyrrole nitrogens is 1. The second kappa shape index (κ2) is 8.21. The quantitative estimate of drug-likeness (QED) is 0.665. The van der Waals surface area contributed by atoms with Crippen LogP contribution in [0, 0.1) is 0 Å². The van der Waals surface area contributed by atoms with Crippen LogP contribution in [0.1, 0.15) is 41.8 Å². The van der Waals surface area contributed by atoms with Crippen LogP contribution in [0.5, 0.6) is 5.75 Å². The molecule has 0 spiro atoms. The first-order valence-electron chi connectivity index (χ1n) is 9.55. The van der Waals surface area contributed by atoms with Gasteiger partial charge in [-0.25, -0.2) is 0 Å². The Morgan fingerprint density at radius 2 is 1.83 bits per heavy atom. The summed E-state index contributed by atoms with van der Waals surface area (Å²) in [4.78, 5) is 24.9. The molecule has 1 atom stereocenters. The number of nitrogens with zero attached hydrogens (tertiary/aromatic N) is 1. The lowest BCUT2D eigenvalue weighted by Gasteiger charge is -2.15. The van der Waals surface area contributed by atoms with E-state index in [4.69, 9.17) is 4.74 Å². The average Bonchev–Trinajstić information content (AvgIpc) is 2.94. The number of thioether (sulfide) groups is 1. The van der Waals surface area contributed by atoms with Gasteiger partial charge >= 0.3 is 0 Å². The lowest BCUT2D eigenvalue weighted by atomic mass is 10.1. The largest absolute Gasteiger partial charge is 0.489 e. The zero-order valence-corrected chi connectivity index (χ0v) is 17.2. The van der Waals surface area contributed by atoms with Crippen LogP contribution in [0.4, 0.5) is 5.82 Å². The molecule has 3 aromatic rings. The van der Waals surface area contributed by atoms with Gasteiger partial charge in [-0.05, 0) is 37.1 Å². The predicted molar refractivity (Wildman–Crippen MR) is 116 cm³/mol. The summed E-state index contributed by atoms with van der Waals surface area (Å²) >= 11 is 1.46. The maximum atomic E-state index is 12.7. The molecular formula is C22H23N3O3S. The number of aromatic amines is 1. The van der Waals surface area contributed by atoms with Crippen molar-refractivity contribution in [3.8, 4) is 5.75 Å². The van der Waals surface area contributed by atoms with E-state index in [0.29, 0.717) is 23.7 Å². The van der Waals surface area contributed by atoms with Crippen molar-refractivity contribution >= 4 is 23.5 Å². The van der Waals surface area contributed by atoms with Crippen molar-refractivity contribution in [3.63, 3.8) is 0 Å². The van der Waals surface area contributed by atoms with Gasteiger partial charge < -0.3 is 10.1 Å². The Kier molecular flexibility index (Phi) is 5.49. The molecule has 7 heteroatoms. The van der Waals surface area contributed by atoms with Crippen molar-refractivity contribution in [2.24, 2.45) is 0 Å². The number of carbonyl (C=O) groups is 1. The van der Waals surface area contributed by atoms with E-state index in [0.717, 1.165) is 16.9 Å². The molecule has 0 saturated carbocycles. The lowest BCUT2D eigenvalue weighted by Crippen LogP contribution is -2.17. The molecule has 150 valence electrons. The Labute approximate surface area is 173 Å². The zero-order chi connectivity index (χ0) is 20.4. The molecule has 0 aliphatic carbocycles. The normalized spacial score (nSPS) is 16.2. The molecule has 2 aromatic carbocycles. The highest BCUT2D eigenvalue weighted by Crippen LogP contribution is 2.40. The van der Waals surface area contributed by atoms with Crippen LogP contribution in [0.15, 0.2) is 59.4 Å². The van der Waals surface area contributed by atoms with Gasteiger partial charge in [0.15, 0.2) is 0 Å². The van der Waals surface area contributed by atoms with Crippen molar-refractivity contribution in [1.29, 1.82) is 0 Å². The van der Waals surface area contributed by atoms with E-state index in [9.17, 15) is 9.59 Å². The number of rotatable bonds is 5. The van der Waals surface area contributed by atoms with Crippen molar-refractivity contribution in [3.05, 3.63) is 81.6 Å². The second-order valence-corrected chi connectivity index (χ2v) is 8.34. The summed E-state index contributed by atoms with van der Waals surface area (Å²) in [6, 6.07) is 17.8. The van der Waals surface area contributed by atoms with Crippen molar-refractivity contribution < 1.29 is 9.53 Å². The van der Waals surface area contributed by atoms with Crippen LogP contribution < -0.4 is 15.6 Å². The van der Waals surface area contributed by atoms with Gasteiger partial charge in [-0.2, -0.15) is 0 Å². The summed E-state index contributed by atoms with van der Waals surface area (Å²) < 4.78 is 7.59. The highest BCUT2D eigenvalue weighted by molar-refractivity contribution is 8.00. The van der Waals surface area contributed by atoms with Crippen LogP contribution in [0.25, 0.3) is 0 Å². The van der Waals surface area contributed by atoms with Crippen LogP contribution in [-0.4, -0.2) is 21.4 Å². The molecular weight excluding hydrogens is 386 g/mol. The van der Waals surface area contributed by atoms with E-state index in [1.54, 1.807) is 4.68 Å². The number of aromatic nitrogens is 2. The first-order valence-corrected chi connectivity index (χ1v) is 10.6. The number of carbonyl (C=O) groups excluding carboxylic acids is 1. The Bertz CT molecular complexity index is 1060. The van der Waals surface area contributed by atoms with Gasteiger partial charge in [0.25, 0.3) is 5.56 Å². The number of hydrogen-bond acceptors (Lipinski definition) is 4. The molecule has 0 radical (unpaired) electrons. The maximum absolute atomic E-state index is 12.7. The SMILES string of the molecule is CC(C)n1[nH]c(=O)c2c1NC(=O)CSC2c1ccc(OCc2ccccc2)cc1. The third-order valence-electron chi connectivity index (χ3n) is 4.81. The summed E-state index contributed by atoms with van der Waals surface area (Å²) in [7, 11) is 0. The molecule has 1 aromatic heterocycles. The van der Waals surface area contributed by atoms with Crippen LogP contribution in [0.2, 0.25) is 0 Å². The standard InChI is InChI=1S/C22H23N3O3S/c1-14(2)25-21-19(22(27)24-25)20(29-13-18(26)23-21)16-8-10-17(11-9-16)28-12-15-6-4-3-5-7-15/h3-11,14,20H,12-13H2,1-2H3,(H,23,26)(H,24,27). The first kappa shape index (κ1) is 19.4. The van der Waals surface area contributed by atoms with Gasteiger partial charge in [0, 0.05) is 6.04 Å². The Hall–Kier alpha value is -2.93. The monoisotopic (exact) mass is 409 g/mol. The zero-order valence-electron chi connectivity index (χ0n) is 16.3. The molecule has 1 unspecified atom stereocenters. The fraction of sp³-hybridized carbons (Fsp3) is 0.273. The number of fused-ring (bicyclic) bond motifs is 1. The molecule has 1 aliphatic heterocycles. The molecule has 2 N–H and O–H groups in total. The van der Waals surface area contributed by atoms with Crippen LogP contribution in [-0.2, 0) is 11.4 Å². The van der Waals surface area contributed by atoms with Gasteiger partial charge in [-0.15, -0.1) is 11.8 Å². The average molecular weight is 410 g/mol. The summed E-state index contributed by atoms with van der Waals surface area (Å²) in [6.07, 6.45) is 0. The fourth-order valence-corrected chi connectivity index (χ4v) is 4.50. The minimum Gasteiger partial charge on any atom is -0.489 e. The van der Waals surface area contributed by atoms with Crippen molar-refractivity contribution in [2.45, 2.75) is 31.7 Å². The van der Waals surface area contributed by atoms with Gasteiger partial charge in [0.1, 0.15) is 18.2 Å². The molecule has 4 rings (SSSR count). The summed E-state index contributed by atoms with van der Waals surface area (Å²) in [5.41, 5.74) is 2.49. The summed E-state index contributed by atoms with van der Waals surface area (Å²) in [5, 5.41) is 5.52. The number of benzene rings is 2. The Morgan fingerprint density at radius 1 is 1.10 bits per heavy atom.